The van der Waals surface area contributed by atoms with E-state index < -0.39 is 0 Å². The summed E-state index contributed by atoms with van der Waals surface area (Å²) in [6.07, 6.45) is 1.68. The largest absolute Gasteiger partial charge is 0.339 e. The highest BCUT2D eigenvalue weighted by atomic mass is 35.5. The number of nitrogens with zero attached hydrogens (tertiary/aromatic N) is 2. The van der Waals surface area contributed by atoms with Crippen molar-refractivity contribution in [2.75, 3.05) is 6.54 Å². The van der Waals surface area contributed by atoms with E-state index in [4.69, 9.17) is 33.5 Å². The molecule has 4 nitrogen and oxygen atoms in total. The van der Waals surface area contributed by atoms with Crippen molar-refractivity contribution in [3.63, 3.8) is 0 Å². The summed E-state index contributed by atoms with van der Waals surface area (Å²) in [6.45, 7) is 2.70. The molecule has 0 aliphatic heterocycles. The van der Waals surface area contributed by atoms with Crippen molar-refractivity contribution in [3.8, 4) is 11.4 Å². The van der Waals surface area contributed by atoms with Crippen molar-refractivity contribution in [1.82, 2.24) is 10.1 Å². The summed E-state index contributed by atoms with van der Waals surface area (Å²) in [5, 5.41) is 4.92. The van der Waals surface area contributed by atoms with E-state index in [1.807, 2.05) is 6.07 Å². The number of hydrogen-bond acceptors (Lipinski definition) is 4. The third-order valence-electron chi connectivity index (χ3n) is 3.02. The maximum Gasteiger partial charge on any atom is 0.227 e. The lowest BCUT2D eigenvalue weighted by Gasteiger charge is -2.07. The smallest absolute Gasteiger partial charge is 0.227 e. The fourth-order valence-corrected chi connectivity index (χ4v) is 2.03. The third kappa shape index (κ3) is 3.47. The van der Waals surface area contributed by atoms with E-state index in [-0.39, 0.29) is 0 Å². The number of benzene rings is 1. The van der Waals surface area contributed by atoms with Gasteiger partial charge in [-0.05, 0) is 30.7 Å². The Morgan fingerprint density at radius 2 is 2.11 bits per heavy atom. The zero-order valence-corrected chi connectivity index (χ0v) is 12.1. The van der Waals surface area contributed by atoms with Gasteiger partial charge in [-0.3, -0.25) is 0 Å². The summed E-state index contributed by atoms with van der Waals surface area (Å²) >= 11 is 11.8. The van der Waals surface area contributed by atoms with Gasteiger partial charge in [0.05, 0.1) is 10.0 Å². The number of hydrogen-bond donors (Lipinski definition) is 1. The number of aromatic nitrogens is 2. The fraction of sp³-hybridized carbons (Fsp3) is 0.385. The molecule has 0 fully saturated rings. The van der Waals surface area contributed by atoms with Gasteiger partial charge < -0.3 is 10.3 Å². The molecule has 6 heteroatoms. The third-order valence-corrected chi connectivity index (χ3v) is 3.76. The molecule has 1 unspecified atom stereocenters. The zero-order valence-electron chi connectivity index (χ0n) is 10.6. The second-order valence-corrected chi connectivity index (χ2v) is 5.17. The van der Waals surface area contributed by atoms with Gasteiger partial charge >= 0.3 is 0 Å². The van der Waals surface area contributed by atoms with Crippen molar-refractivity contribution in [2.45, 2.75) is 19.8 Å². The normalized spacial score (nSPS) is 12.6. The van der Waals surface area contributed by atoms with Crippen LogP contribution in [0.25, 0.3) is 11.4 Å². The molecule has 0 saturated carbocycles. The van der Waals surface area contributed by atoms with Crippen LogP contribution in [0, 0.1) is 5.92 Å². The van der Waals surface area contributed by atoms with Gasteiger partial charge in [0.2, 0.25) is 11.7 Å². The predicted octanol–water partition coefficient (Wildman–Crippen LogP) is 3.57. The van der Waals surface area contributed by atoms with Crippen LogP contribution in [0.2, 0.25) is 10.0 Å². The Labute approximate surface area is 121 Å². The van der Waals surface area contributed by atoms with E-state index in [1.165, 1.54) is 0 Å². The van der Waals surface area contributed by atoms with Gasteiger partial charge in [0, 0.05) is 12.0 Å². The van der Waals surface area contributed by atoms with Crippen molar-refractivity contribution >= 4 is 23.2 Å². The molecule has 2 rings (SSSR count). The molecule has 1 heterocycles. The lowest BCUT2D eigenvalue weighted by atomic mass is 10.0. The molecule has 2 aromatic rings. The maximum atomic E-state index is 5.97. The van der Waals surface area contributed by atoms with E-state index in [2.05, 4.69) is 17.1 Å². The van der Waals surface area contributed by atoms with Crippen LogP contribution in [0.15, 0.2) is 22.7 Å². The SMILES string of the molecule is CCC(CN)Cc1nc(-c2ccc(Cl)c(Cl)c2)no1. The van der Waals surface area contributed by atoms with Crippen molar-refractivity contribution in [2.24, 2.45) is 11.7 Å². The van der Waals surface area contributed by atoms with Crippen LogP contribution < -0.4 is 5.73 Å². The zero-order chi connectivity index (χ0) is 13.8. The van der Waals surface area contributed by atoms with Crippen LogP contribution in [0.4, 0.5) is 0 Å². The van der Waals surface area contributed by atoms with Gasteiger partial charge in [0.15, 0.2) is 0 Å². The first kappa shape index (κ1) is 14.3. The Morgan fingerprint density at radius 1 is 1.32 bits per heavy atom. The minimum absolute atomic E-state index is 0.363. The Bertz CT molecular complexity index is 553. The number of halogens is 2. The minimum Gasteiger partial charge on any atom is -0.339 e. The molecule has 102 valence electrons. The molecule has 1 aromatic carbocycles. The highest BCUT2D eigenvalue weighted by Crippen LogP contribution is 2.27. The lowest BCUT2D eigenvalue weighted by molar-refractivity contribution is 0.350. The standard InChI is InChI=1S/C13H15Cl2N3O/c1-2-8(7-16)5-12-17-13(18-19-12)9-3-4-10(14)11(15)6-9/h3-4,6,8H,2,5,7,16H2,1H3. The Morgan fingerprint density at radius 3 is 2.74 bits per heavy atom. The molecule has 0 radical (unpaired) electrons. The maximum absolute atomic E-state index is 5.97. The number of rotatable bonds is 5. The van der Waals surface area contributed by atoms with Crippen LogP contribution in [-0.4, -0.2) is 16.7 Å². The average Bonchev–Trinajstić information content (AvgIpc) is 2.87. The van der Waals surface area contributed by atoms with E-state index >= 15 is 0 Å². The van der Waals surface area contributed by atoms with Gasteiger partial charge in [0.25, 0.3) is 0 Å². The van der Waals surface area contributed by atoms with Gasteiger partial charge in [0.1, 0.15) is 0 Å². The van der Waals surface area contributed by atoms with Crippen molar-refractivity contribution < 1.29 is 4.52 Å². The highest BCUT2D eigenvalue weighted by molar-refractivity contribution is 6.42. The van der Waals surface area contributed by atoms with Gasteiger partial charge in [-0.2, -0.15) is 4.98 Å². The summed E-state index contributed by atoms with van der Waals surface area (Å²) < 4.78 is 5.23. The van der Waals surface area contributed by atoms with Crippen LogP contribution in [0.5, 0.6) is 0 Å². The molecule has 0 amide bonds. The Balaban J connectivity index is 2.18. The summed E-state index contributed by atoms with van der Waals surface area (Å²) in [5.74, 6) is 1.47. The quantitative estimate of drug-likeness (QED) is 0.916. The van der Waals surface area contributed by atoms with Gasteiger partial charge in [-0.1, -0.05) is 41.7 Å². The molecule has 19 heavy (non-hydrogen) atoms. The molecule has 0 bridgehead atoms. The predicted molar refractivity (Wildman–Crippen MR) is 76.3 cm³/mol. The van der Waals surface area contributed by atoms with E-state index in [9.17, 15) is 0 Å². The first-order chi connectivity index (χ1) is 9.13. The van der Waals surface area contributed by atoms with Gasteiger partial charge in [-0.15, -0.1) is 0 Å². The molecular formula is C13H15Cl2N3O. The Hall–Kier alpha value is -1.10. The van der Waals surface area contributed by atoms with Crippen molar-refractivity contribution in [3.05, 3.63) is 34.1 Å². The topological polar surface area (TPSA) is 64.9 Å². The second-order valence-electron chi connectivity index (χ2n) is 4.35. The lowest BCUT2D eigenvalue weighted by Crippen LogP contribution is -2.15. The van der Waals surface area contributed by atoms with Gasteiger partial charge in [-0.25, -0.2) is 0 Å². The van der Waals surface area contributed by atoms with Crippen LogP contribution >= 0.6 is 23.2 Å². The molecule has 1 atom stereocenters. The minimum atomic E-state index is 0.363. The second kappa shape index (κ2) is 6.37. The summed E-state index contributed by atoms with van der Waals surface area (Å²) in [4.78, 5) is 4.35. The molecule has 0 saturated heterocycles. The molecule has 0 aliphatic carbocycles. The van der Waals surface area contributed by atoms with E-state index in [1.54, 1.807) is 12.1 Å². The summed E-state index contributed by atoms with van der Waals surface area (Å²) in [5.41, 5.74) is 6.45. The van der Waals surface area contributed by atoms with E-state index in [0.717, 1.165) is 12.0 Å². The van der Waals surface area contributed by atoms with Crippen LogP contribution in [0.3, 0.4) is 0 Å². The van der Waals surface area contributed by atoms with Crippen molar-refractivity contribution in [1.29, 1.82) is 0 Å². The number of nitrogens with two attached hydrogens (primary N) is 1. The molecule has 0 spiro atoms. The molecule has 1 aromatic heterocycles. The Kier molecular flexibility index (Phi) is 4.80. The summed E-state index contributed by atoms with van der Waals surface area (Å²) in [6, 6.07) is 5.24. The highest BCUT2D eigenvalue weighted by Gasteiger charge is 2.13. The van der Waals surface area contributed by atoms with Crippen LogP contribution in [-0.2, 0) is 6.42 Å². The monoisotopic (exact) mass is 299 g/mol. The molecule has 0 aliphatic rings. The molecular weight excluding hydrogens is 285 g/mol. The fourth-order valence-electron chi connectivity index (χ4n) is 1.73. The molecule has 2 N–H and O–H groups in total. The first-order valence-corrected chi connectivity index (χ1v) is 6.87. The average molecular weight is 300 g/mol. The van der Waals surface area contributed by atoms with Crippen LogP contribution in [0.1, 0.15) is 19.2 Å². The first-order valence-electron chi connectivity index (χ1n) is 6.12. The van der Waals surface area contributed by atoms with E-state index in [0.29, 0.717) is 40.6 Å². The summed E-state index contributed by atoms with van der Waals surface area (Å²) in [7, 11) is 0.